The molecule has 1 saturated heterocycles. The first-order valence-corrected chi connectivity index (χ1v) is 11.2. The van der Waals surface area contributed by atoms with Gasteiger partial charge in [-0.25, -0.2) is 4.98 Å². The molecule has 0 aliphatic carbocycles. The Labute approximate surface area is 179 Å². The van der Waals surface area contributed by atoms with Gasteiger partial charge < -0.3 is 9.64 Å². The van der Waals surface area contributed by atoms with Crippen molar-refractivity contribution in [2.24, 2.45) is 0 Å². The van der Waals surface area contributed by atoms with Crippen molar-refractivity contribution in [1.82, 2.24) is 14.8 Å². The van der Waals surface area contributed by atoms with Crippen LogP contribution >= 0.6 is 11.6 Å². The first kappa shape index (κ1) is 22.0. The summed E-state index contributed by atoms with van der Waals surface area (Å²) in [6, 6.07) is 10.0. The number of morpholine rings is 1. The molecule has 1 amide bonds. The smallest absolute Gasteiger partial charge is 0.222 e. The molecule has 6 heteroatoms. The number of carbonyl (C=O) groups is 1. The molecule has 0 unspecified atom stereocenters. The van der Waals surface area contributed by atoms with Crippen molar-refractivity contribution in [2.75, 3.05) is 39.4 Å². The Morgan fingerprint density at radius 2 is 2.00 bits per heavy atom. The highest BCUT2D eigenvalue weighted by Gasteiger charge is 2.18. The summed E-state index contributed by atoms with van der Waals surface area (Å²) in [6.45, 7) is 7.65. The lowest BCUT2D eigenvalue weighted by molar-refractivity contribution is -0.132. The number of benzene rings is 1. The minimum Gasteiger partial charge on any atom is -0.379 e. The topological polar surface area (TPSA) is 45.7 Å². The average molecular weight is 418 g/mol. The normalized spacial score (nSPS) is 15.0. The van der Waals surface area contributed by atoms with Crippen LogP contribution in [0, 0.1) is 0 Å². The molecule has 0 radical (unpaired) electrons. The minimum absolute atomic E-state index is 0.207. The Balaban J connectivity index is 1.69. The zero-order valence-electron chi connectivity index (χ0n) is 17.4. The van der Waals surface area contributed by atoms with Gasteiger partial charge in [-0.2, -0.15) is 0 Å². The second-order valence-corrected chi connectivity index (χ2v) is 8.07. The molecule has 5 nitrogen and oxygen atoms in total. The van der Waals surface area contributed by atoms with E-state index in [4.69, 9.17) is 16.3 Å². The molecule has 0 saturated carbocycles. The van der Waals surface area contributed by atoms with E-state index in [1.165, 1.54) is 12.8 Å². The molecule has 1 aromatic carbocycles. The number of ether oxygens (including phenoxy) is 1. The van der Waals surface area contributed by atoms with Crippen LogP contribution in [-0.4, -0.2) is 60.1 Å². The van der Waals surface area contributed by atoms with Crippen LogP contribution in [0.5, 0.6) is 0 Å². The number of unbranched alkanes of at least 4 members (excludes halogenated alkanes) is 3. The number of carbonyl (C=O) groups excluding carboxylic acids is 1. The van der Waals surface area contributed by atoms with E-state index in [0.29, 0.717) is 24.7 Å². The fourth-order valence-corrected chi connectivity index (χ4v) is 3.90. The Hall–Kier alpha value is -1.69. The Bertz CT molecular complexity index is 793. The number of fused-ring (bicyclic) bond motifs is 1. The van der Waals surface area contributed by atoms with Crippen LogP contribution in [0.3, 0.4) is 0 Å². The zero-order chi connectivity index (χ0) is 20.5. The second-order valence-electron chi connectivity index (χ2n) is 7.71. The summed E-state index contributed by atoms with van der Waals surface area (Å²) >= 11 is 6.47. The largest absolute Gasteiger partial charge is 0.379 e. The van der Waals surface area contributed by atoms with E-state index in [9.17, 15) is 4.79 Å². The molecule has 0 N–H and O–H groups in total. The van der Waals surface area contributed by atoms with Gasteiger partial charge in [-0.3, -0.25) is 9.69 Å². The highest BCUT2D eigenvalue weighted by Crippen LogP contribution is 2.22. The molecule has 2 heterocycles. The monoisotopic (exact) mass is 417 g/mol. The van der Waals surface area contributed by atoms with Crippen molar-refractivity contribution in [3.05, 3.63) is 41.0 Å². The summed E-state index contributed by atoms with van der Waals surface area (Å²) in [5.41, 5.74) is 1.79. The maximum Gasteiger partial charge on any atom is 0.222 e. The third-order valence-electron chi connectivity index (χ3n) is 5.50. The summed E-state index contributed by atoms with van der Waals surface area (Å²) in [4.78, 5) is 21.8. The highest BCUT2D eigenvalue weighted by molar-refractivity contribution is 6.30. The molecule has 1 aromatic heterocycles. The standard InChI is InChI=1S/C23H32ClN3O2/c1-2-3-4-5-10-22(28)27(12-11-26-13-15-29-16-14-26)18-20-17-19-8-6-7-9-21(19)25-23(20)24/h6-9,17H,2-5,10-16,18H2,1H3. The van der Waals surface area contributed by atoms with Gasteiger partial charge in [0.05, 0.1) is 18.7 Å². The van der Waals surface area contributed by atoms with Crippen LogP contribution in [0.15, 0.2) is 30.3 Å². The quantitative estimate of drug-likeness (QED) is 0.421. The Kier molecular flexibility index (Phi) is 8.71. The summed E-state index contributed by atoms with van der Waals surface area (Å²) in [5.74, 6) is 0.207. The lowest BCUT2D eigenvalue weighted by Crippen LogP contribution is -2.42. The maximum atomic E-state index is 13.0. The van der Waals surface area contributed by atoms with Crippen LogP contribution in [0.4, 0.5) is 0 Å². The van der Waals surface area contributed by atoms with E-state index in [1.807, 2.05) is 29.2 Å². The van der Waals surface area contributed by atoms with Gasteiger partial charge in [0.1, 0.15) is 5.15 Å². The Morgan fingerprint density at radius 1 is 1.21 bits per heavy atom. The van der Waals surface area contributed by atoms with E-state index in [-0.39, 0.29) is 5.91 Å². The van der Waals surface area contributed by atoms with Crippen LogP contribution < -0.4 is 0 Å². The lowest BCUT2D eigenvalue weighted by atomic mass is 10.1. The summed E-state index contributed by atoms with van der Waals surface area (Å²) < 4.78 is 5.43. The number of aromatic nitrogens is 1. The van der Waals surface area contributed by atoms with Crippen molar-refractivity contribution < 1.29 is 9.53 Å². The molecule has 158 valence electrons. The first-order valence-electron chi connectivity index (χ1n) is 10.8. The predicted octanol–water partition coefficient (Wildman–Crippen LogP) is 4.52. The van der Waals surface area contributed by atoms with Crippen molar-refractivity contribution in [2.45, 2.75) is 45.6 Å². The van der Waals surface area contributed by atoms with Crippen molar-refractivity contribution >= 4 is 28.4 Å². The second kappa shape index (κ2) is 11.5. The van der Waals surface area contributed by atoms with Gasteiger partial charge in [-0.15, -0.1) is 0 Å². The number of hydrogen-bond donors (Lipinski definition) is 0. The molecular weight excluding hydrogens is 386 g/mol. The van der Waals surface area contributed by atoms with Gasteiger partial charge in [-0.1, -0.05) is 56.0 Å². The van der Waals surface area contributed by atoms with Gasteiger partial charge in [0.15, 0.2) is 0 Å². The third-order valence-corrected chi connectivity index (χ3v) is 5.83. The number of hydrogen-bond acceptors (Lipinski definition) is 4. The summed E-state index contributed by atoms with van der Waals surface area (Å²) in [5, 5.41) is 1.54. The number of pyridine rings is 1. The molecule has 0 atom stereocenters. The Morgan fingerprint density at radius 3 is 2.79 bits per heavy atom. The van der Waals surface area contributed by atoms with E-state index < -0.39 is 0 Å². The first-order chi connectivity index (χ1) is 14.2. The van der Waals surface area contributed by atoms with Crippen LogP contribution in [0.2, 0.25) is 5.15 Å². The molecule has 0 spiro atoms. The summed E-state index contributed by atoms with van der Waals surface area (Å²) in [6.07, 6.45) is 5.01. The maximum absolute atomic E-state index is 13.0. The van der Waals surface area contributed by atoms with Crippen LogP contribution in [-0.2, 0) is 16.1 Å². The number of nitrogens with zero attached hydrogens (tertiary/aromatic N) is 3. The molecule has 29 heavy (non-hydrogen) atoms. The van der Waals surface area contributed by atoms with Crippen molar-refractivity contribution in [1.29, 1.82) is 0 Å². The lowest BCUT2D eigenvalue weighted by Gasteiger charge is -2.30. The SMILES string of the molecule is CCCCCCC(=O)N(CCN1CCOCC1)Cc1cc2ccccc2nc1Cl. The van der Waals surface area contributed by atoms with E-state index in [1.54, 1.807) is 0 Å². The van der Waals surface area contributed by atoms with E-state index in [0.717, 1.165) is 62.2 Å². The fraction of sp³-hybridized carbons (Fsp3) is 0.565. The van der Waals surface area contributed by atoms with Crippen LogP contribution in [0.25, 0.3) is 10.9 Å². The van der Waals surface area contributed by atoms with Crippen LogP contribution in [0.1, 0.15) is 44.6 Å². The van der Waals surface area contributed by atoms with Gasteiger partial charge in [0.25, 0.3) is 0 Å². The molecule has 1 aliphatic heterocycles. The van der Waals surface area contributed by atoms with E-state index >= 15 is 0 Å². The fourth-order valence-electron chi connectivity index (χ4n) is 3.69. The van der Waals surface area contributed by atoms with Gasteiger partial charge in [0.2, 0.25) is 5.91 Å². The molecule has 2 aromatic rings. The number of para-hydroxylation sites is 1. The summed E-state index contributed by atoms with van der Waals surface area (Å²) in [7, 11) is 0. The number of halogens is 1. The van der Waals surface area contributed by atoms with Gasteiger partial charge in [-0.05, 0) is 18.6 Å². The zero-order valence-corrected chi connectivity index (χ0v) is 18.2. The average Bonchev–Trinajstić information content (AvgIpc) is 2.75. The third kappa shape index (κ3) is 6.66. The van der Waals surface area contributed by atoms with Crippen molar-refractivity contribution in [3.8, 4) is 0 Å². The highest BCUT2D eigenvalue weighted by atomic mass is 35.5. The minimum atomic E-state index is 0.207. The van der Waals surface area contributed by atoms with Gasteiger partial charge in [0, 0.05) is 50.1 Å². The predicted molar refractivity (Wildman–Crippen MR) is 118 cm³/mol. The molecule has 0 bridgehead atoms. The molecule has 3 rings (SSSR count). The van der Waals surface area contributed by atoms with Crippen molar-refractivity contribution in [3.63, 3.8) is 0 Å². The molecular formula is C23H32ClN3O2. The van der Waals surface area contributed by atoms with Gasteiger partial charge >= 0.3 is 0 Å². The van der Waals surface area contributed by atoms with E-state index in [2.05, 4.69) is 22.9 Å². The number of amides is 1. The number of rotatable bonds is 10. The molecule has 1 fully saturated rings. The molecule has 1 aliphatic rings.